The van der Waals surface area contributed by atoms with Crippen molar-refractivity contribution in [3.8, 4) is 0 Å². The van der Waals surface area contributed by atoms with Crippen molar-refractivity contribution >= 4 is 50.2 Å². The smallest absolute Gasteiger partial charge is 0.339 e. The topological polar surface area (TPSA) is 81.2 Å². The Morgan fingerprint density at radius 2 is 2.08 bits per heavy atom. The zero-order valence-corrected chi connectivity index (χ0v) is 14.1. The molecule has 2 aromatic heterocycles. The molecule has 24 heavy (non-hydrogen) atoms. The van der Waals surface area contributed by atoms with Crippen LogP contribution in [0.3, 0.4) is 0 Å². The predicted octanol–water partition coefficient (Wildman–Crippen LogP) is 3.53. The minimum Gasteiger partial charge on any atom is -0.449 e. The minimum absolute atomic E-state index is 0.177. The van der Waals surface area contributed by atoms with E-state index in [0.717, 1.165) is 10.2 Å². The fraction of sp³-hybridized carbons (Fsp3) is 0.125. The number of ether oxygens (including phenoxy) is 1. The number of halogens is 1. The largest absolute Gasteiger partial charge is 0.449 e. The fourth-order valence-electron chi connectivity index (χ4n) is 1.94. The first-order valence-corrected chi connectivity index (χ1v) is 8.21. The van der Waals surface area contributed by atoms with E-state index in [9.17, 15) is 9.59 Å². The molecule has 1 aromatic carbocycles. The molecule has 1 amide bonds. The highest BCUT2D eigenvalue weighted by molar-refractivity contribution is 7.22. The molecule has 0 aliphatic heterocycles. The lowest BCUT2D eigenvalue weighted by molar-refractivity contribution is -0.123. The summed E-state index contributed by atoms with van der Waals surface area (Å²) in [5.41, 5.74) is 1.03. The number of carbonyl (C=O) groups excluding carboxylic acids is 2. The normalized spacial score (nSPS) is 11.9. The average Bonchev–Trinajstić information content (AvgIpc) is 2.96. The molecule has 3 rings (SSSR count). The standard InChI is InChI=1S/C16H12ClN3O3S/c1-9(23-15(22)10-6-7-18-13(17)8-10)14(21)20-16-19-11-4-2-3-5-12(11)24-16/h2-9H,1H3,(H,19,20,21). The Morgan fingerprint density at radius 1 is 1.29 bits per heavy atom. The van der Waals surface area contributed by atoms with Crippen LogP contribution in [0.4, 0.5) is 5.13 Å². The van der Waals surface area contributed by atoms with Gasteiger partial charge in [0.05, 0.1) is 15.8 Å². The summed E-state index contributed by atoms with van der Waals surface area (Å²) in [6.07, 6.45) is 0.418. The summed E-state index contributed by atoms with van der Waals surface area (Å²) < 4.78 is 6.10. The molecule has 0 spiro atoms. The van der Waals surface area contributed by atoms with Crippen LogP contribution in [0, 0.1) is 0 Å². The lowest BCUT2D eigenvalue weighted by Gasteiger charge is -2.12. The number of pyridine rings is 1. The molecule has 0 saturated carbocycles. The lowest BCUT2D eigenvalue weighted by atomic mass is 10.3. The van der Waals surface area contributed by atoms with E-state index >= 15 is 0 Å². The van der Waals surface area contributed by atoms with Crippen molar-refractivity contribution in [2.24, 2.45) is 0 Å². The number of esters is 1. The molecule has 8 heteroatoms. The van der Waals surface area contributed by atoms with Gasteiger partial charge >= 0.3 is 5.97 Å². The monoisotopic (exact) mass is 361 g/mol. The summed E-state index contributed by atoms with van der Waals surface area (Å²) in [5, 5.41) is 3.28. The number of amides is 1. The molecule has 0 bridgehead atoms. The number of fused-ring (bicyclic) bond motifs is 1. The highest BCUT2D eigenvalue weighted by atomic mass is 35.5. The summed E-state index contributed by atoms with van der Waals surface area (Å²) in [5.74, 6) is -1.10. The van der Waals surface area contributed by atoms with Gasteiger partial charge in [0.15, 0.2) is 11.2 Å². The second kappa shape index (κ2) is 6.94. The Balaban J connectivity index is 1.65. The Hall–Kier alpha value is -2.51. The van der Waals surface area contributed by atoms with Crippen LogP contribution in [0.15, 0.2) is 42.6 Å². The van der Waals surface area contributed by atoms with E-state index in [-0.39, 0.29) is 10.7 Å². The fourth-order valence-corrected chi connectivity index (χ4v) is 2.99. The summed E-state index contributed by atoms with van der Waals surface area (Å²) >= 11 is 7.08. The molecule has 0 aliphatic carbocycles. The Kier molecular flexibility index (Phi) is 4.73. The van der Waals surface area contributed by atoms with Crippen molar-refractivity contribution in [3.63, 3.8) is 0 Å². The molecule has 122 valence electrons. The van der Waals surface area contributed by atoms with Gasteiger partial charge in [-0.15, -0.1) is 0 Å². The molecule has 0 aliphatic rings. The Labute approximate surface area is 146 Å². The summed E-state index contributed by atoms with van der Waals surface area (Å²) in [6.45, 7) is 1.49. The van der Waals surface area contributed by atoms with Crippen molar-refractivity contribution in [1.82, 2.24) is 9.97 Å². The molecular weight excluding hydrogens is 350 g/mol. The van der Waals surface area contributed by atoms with Gasteiger partial charge in [-0.25, -0.2) is 14.8 Å². The van der Waals surface area contributed by atoms with Gasteiger partial charge in [-0.2, -0.15) is 0 Å². The Bertz CT molecular complexity index is 879. The lowest BCUT2D eigenvalue weighted by Crippen LogP contribution is -2.29. The first-order valence-electron chi connectivity index (χ1n) is 7.02. The summed E-state index contributed by atoms with van der Waals surface area (Å²) in [7, 11) is 0. The average molecular weight is 362 g/mol. The highest BCUT2D eigenvalue weighted by Crippen LogP contribution is 2.25. The van der Waals surface area contributed by atoms with E-state index in [0.29, 0.717) is 5.13 Å². The van der Waals surface area contributed by atoms with Crippen LogP contribution in [0.5, 0.6) is 0 Å². The third-order valence-electron chi connectivity index (χ3n) is 3.14. The maximum Gasteiger partial charge on any atom is 0.339 e. The van der Waals surface area contributed by atoms with Crippen molar-refractivity contribution in [2.75, 3.05) is 5.32 Å². The zero-order chi connectivity index (χ0) is 17.1. The number of carbonyl (C=O) groups is 2. The first kappa shape index (κ1) is 16.4. The van der Waals surface area contributed by atoms with Crippen LogP contribution in [-0.2, 0) is 9.53 Å². The number of hydrogen-bond acceptors (Lipinski definition) is 6. The van der Waals surface area contributed by atoms with Crippen molar-refractivity contribution < 1.29 is 14.3 Å². The van der Waals surface area contributed by atoms with Gasteiger partial charge in [0.1, 0.15) is 5.15 Å². The molecule has 1 N–H and O–H groups in total. The van der Waals surface area contributed by atoms with Crippen molar-refractivity contribution in [1.29, 1.82) is 0 Å². The van der Waals surface area contributed by atoms with Gasteiger partial charge in [0.25, 0.3) is 5.91 Å². The SMILES string of the molecule is CC(OC(=O)c1ccnc(Cl)c1)C(=O)Nc1nc2ccccc2s1. The van der Waals surface area contributed by atoms with E-state index < -0.39 is 18.0 Å². The molecule has 3 aromatic rings. The van der Waals surface area contributed by atoms with Crippen LogP contribution in [0.1, 0.15) is 17.3 Å². The van der Waals surface area contributed by atoms with Crippen LogP contribution in [-0.4, -0.2) is 27.9 Å². The molecule has 1 atom stereocenters. The van der Waals surface area contributed by atoms with E-state index in [2.05, 4.69) is 15.3 Å². The number of benzene rings is 1. The van der Waals surface area contributed by atoms with Crippen molar-refractivity contribution in [2.45, 2.75) is 13.0 Å². The molecule has 1 unspecified atom stereocenters. The van der Waals surface area contributed by atoms with Crippen LogP contribution >= 0.6 is 22.9 Å². The molecule has 0 saturated heterocycles. The molecule has 2 heterocycles. The van der Waals surface area contributed by atoms with E-state index in [1.807, 2.05) is 24.3 Å². The van der Waals surface area contributed by atoms with Gasteiger partial charge in [-0.3, -0.25) is 10.1 Å². The summed E-state index contributed by atoms with van der Waals surface area (Å²) in [4.78, 5) is 32.3. The second-order valence-corrected chi connectivity index (χ2v) is 6.31. The predicted molar refractivity (Wildman–Crippen MR) is 92.4 cm³/mol. The minimum atomic E-state index is -0.976. The number of nitrogens with one attached hydrogen (secondary N) is 1. The maximum absolute atomic E-state index is 12.2. The molecular formula is C16H12ClN3O3S. The second-order valence-electron chi connectivity index (χ2n) is 4.89. The van der Waals surface area contributed by atoms with Gasteiger partial charge in [0, 0.05) is 6.20 Å². The zero-order valence-electron chi connectivity index (χ0n) is 12.5. The Morgan fingerprint density at radius 3 is 2.83 bits per heavy atom. The number of anilines is 1. The third-order valence-corrected chi connectivity index (χ3v) is 4.30. The number of aromatic nitrogens is 2. The van der Waals surface area contributed by atoms with Crippen LogP contribution < -0.4 is 5.32 Å². The third kappa shape index (κ3) is 3.69. The number of rotatable bonds is 4. The quantitative estimate of drug-likeness (QED) is 0.568. The number of para-hydroxylation sites is 1. The van der Waals surface area contributed by atoms with Gasteiger partial charge in [-0.05, 0) is 31.2 Å². The van der Waals surface area contributed by atoms with Crippen molar-refractivity contribution in [3.05, 3.63) is 53.3 Å². The number of thiazole rings is 1. The van der Waals surface area contributed by atoms with E-state index in [1.54, 1.807) is 0 Å². The molecule has 0 radical (unpaired) electrons. The summed E-state index contributed by atoms with van der Waals surface area (Å²) in [6, 6.07) is 10.4. The number of hydrogen-bond donors (Lipinski definition) is 1. The highest BCUT2D eigenvalue weighted by Gasteiger charge is 2.20. The van der Waals surface area contributed by atoms with E-state index in [4.69, 9.17) is 16.3 Å². The van der Waals surface area contributed by atoms with Crippen LogP contribution in [0.2, 0.25) is 5.15 Å². The molecule has 0 fully saturated rings. The van der Waals surface area contributed by atoms with Gasteiger partial charge in [-0.1, -0.05) is 35.1 Å². The van der Waals surface area contributed by atoms with Crippen LogP contribution in [0.25, 0.3) is 10.2 Å². The first-order chi connectivity index (χ1) is 11.5. The van der Waals surface area contributed by atoms with Gasteiger partial charge < -0.3 is 4.74 Å². The molecule has 6 nitrogen and oxygen atoms in total. The maximum atomic E-state index is 12.2. The van der Waals surface area contributed by atoms with Gasteiger partial charge in [0.2, 0.25) is 0 Å². The van der Waals surface area contributed by atoms with E-state index in [1.165, 1.54) is 36.6 Å². The number of nitrogens with zero attached hydrogens (tertiary/aromatic N) is 2.